The van der Waals surface area contributed by atoms with Gasteiger partial charge in [-0.15, -0.1) is 0 Å². The molecule has 1 saturated heterocycles. The van der Waals surface area contributed by atoms with Gasteiger partial charge in [0.05, 0.1) is 12.6 Å². The van der Waals surface area contributed by atoms with Crippen LogP contribution >= 0.6 is 0 Å². The molecule has 1 heterocycles. The Balaban J connectivity index is 2.40. The van der Waals surface area contributed by atoms with E-state index in [9.17, 15) is 4.79 Å². The third-order valence-electron chi connectivity index (χ3n) is 2.59. The number of hydrogen-bond donors (Lipinski definition) is 1. The quantitative estimate of drug-likeness (QED) is 0.693. The summed E-state index contributed by atoms with van der Waals surface area (Å²) in [5.41, 5.74) is 0. The van der Waals surface area contributed by atoms with E-state index in [1.807, 2.05) is 13.8 Å². The molecule has 0 aromatic carbocycles. The van der Waals surface area contributed by atoms with Gasteiger partial charge in [-0.3, -0.25) is 4.79 Å². The molecule has 0 radical (unpaired) electrons. The molecule has 0 spiro atoms. The van der Waals surface area contributed by atoms with Gasteiger partial charge in [0.25, 0.3) is 0 Å². The van der Waals surface area contributed by atoms with Crippen molar-refractivity contribution in [3.63, 3.8) is 0 Å². The number of carbonyl (C=O) groups excluding carboxylic acids is 1. The second kappa shape index (κ2) is 5.32. The molecule has 1 N–H and O–H groups in total. The van der Waals surface area contributed by atoms with E-state index in [1.54, 1.807) is 4.90 Å². The van der Waals surface area contributed by atoms with Gasteiger partial charge in [0.15, 0.2) is 0 Å². The summed E-state index contributed by atoms with van der Waals surface area (Å²) in [5, 5.41) is 8.95. The minimum atomic E-state index is 0.101. The lowest BCUT2D eigenvalue weighted by molar-refractivity contribution is -0.130. The lowest BCUT2D eigenvalue weighted by Crippen LogP contribution is -2.37. The van der Waals surface area contributed by atoms with Crippen LogP contribution in [-0.4, -0.2) is 48.3 Å². The highest BCUT2D eigenvalue weighted by Gasteiger charge is 2.31. The van der Waals surface area contributed by atoms with Crippen LogP contribution in [0.5, 0.6) is 0 Å². The number of carbonyl (C=O) groups is 1. The molecule has 4 nitrogen and oxygen atoms in total. The Morgan fingerprint density at radius 3 is 2.93 bits per heavy atom. The van der Waals surface area contributed by atoms with Gasteiger partial charge in [-0.25, -0.2) is 0 Å². The summed E-state index contributed by atoms with van der Waals surface area (Å²) in [6, 6.07) is 0.124. The Morgan fingerprint density at radius 1 is 1.71 bits per heavy atom. The number of amides is 1. The molecule has 0 saturated carbocycles. The average molecular weight is 201 g/mol. The fourth-order valence-corrected chi connectivity index (χ4v) is 1.74. The van der Waals surface area contributed by atoms with Crippen LogP contribution in [0.4, 0.5) is 0 Å². The molecule has 0 aromatic rings. The van der Waals surface area contributed by atoms with Crippen molar-refractivity contribution >= 4 is 5.91 Å². The van der Waals surface area contributed by atoms with Gasteiger partial charge in [-0.05, 0) is 13.8 Å². The van der Waals surface area contributed by atoms with Crippen LogP contribution in [-0.2, 0) is 9.53 Å². The molecule has 14 heavy (non-hydrogen) atoms. The zero-order valence-corrected chi connectivity index (χ0v) is 8.90. The molecule has 82 valence electrons. The van der Waals surface area contributed by atoms with Gasteiger partial charge in [0, 0.05) is 32.1 Å². The van der Waals surface area contributed by atoms with Crippen molar-refractivity contribution in [1.82, 2.24) is 4.90 Å². The Hall–Kier alpha value is -0.610. The van der Waals surface area contributed by atoms with Gasteiger partial charge < -0.3 is 14.7 Å². The molecule has 2 unspecified atom stereocenters. The number of hydrogen-bond acceptors (Lipinski definition) is 3. The maximum absolute atomic E-state index is 11.5. The first kappa shape index (κ1) is 11.5. The predicted molar refractivity (Wildman–Crippen MR) is 52.9 cm³/mol. The number of nitrogens with zero attached hydrogens (tertiary/aromatic N) is 1. The van der Waals surface area contributed by atoms with Crippen molar-refractivity contribution < 1.29 is 14.6 Å². The molecular weight excluding hydrogens is 182 g/mol. The number of ether oxygens (including phenoxy) is 1. The first-order valence-electron chi connectivity index (χ1n) is 5.17. The molecule has 1 aliphatic rings. The maximum Gasteiger partial charge on any atom is 0.223 e. The van der Waals surface area contributed by atoms with Crippen molar-refractivity contribution in [1.29, 1.82) is 0 Å². The Labute approximate surface area is 84.8 Å². The Morgan fingerprint density at radius 2 is 2.43 bits per heavy atom. The van der Waals surface area contributed by atoms with Gasteiger partial charge in [0.2, 0.25) is 5.91 Å². The first-order valence-corrected chi connectivity index (χ1v) is 5.17. The van der Waals surface area contributed by atoms with Gasteiger partial charge in [-0.1, -0.05) is 0 Å². The molecule has 4 heteroatoms. The number of likely N-dealkylation sites (tertiary alicyclic amines) is 1. The van der Waals surface area contributed by atoms with Crippen LogP contribution in [0, 0.1) is 5.92 Å². The maximum atomic E-state index is 11.5. The first-order chi connectivity index (χ1) is 6.69. The van der Waals surface area contributed by atoms with Crippen LogP contribution < -0.4 is 0 Å². The molecular formula is C10H19NO3. The minimum absolute atomic E-state index is 0.101. The highest BCUT2D eigenvalue weighted by atomic mass is 16.5. The summed E-state index contributed by atoms with van der Waals surface area (Å²) in [6.45, 7) is 5.95. The zero-order valence-electron chi connectivity index (χ0n) is 8.90. The summed E-state index contributed by atoms with van der Waals surface area (Å²) < 4.78 is 5.27. The molecule has 0 aliphatic carbocycles. The molecule has 1 amide bonds. The monoisotopic (exact) mass is 201 g/mol. The summed E-state index contributed by atoms with van der Waals surface area (Å²) in [6.07, 6.45) is 0.479. The van der Waals surface area contributed by atoms with Crippen LogP contribution in [0.15, 0.2) is 0 Å². The lowest BCUT2D eigenvalue weighted by Gasteiger charge is -2.24. The van der Waals surface area contributed by atoms with Crippen molar-refractivity contribution in [2.75, 3.05) is 26.4 Å². The van der Waals surface area contributed by atoms with E-state index in [0.29, 0.717) is 26.2 Å². The lowest BCUT2D eigenvalue weighted by atomic mass is 10.1. The van der Waals surface area contributed by atoms with E-state index >= 15 is 0 Å². The highest BCUT2D eigenvalue weighted by molar-refractivity contribution is 5.78. The van der Waals surface area contributed by atoms with E-state index in [0.717, 1.165) is 0 Å². The van der Waals surface area contributed by atoms with Crippen molar-refractivity contribution in [2.45, 2.75) is 26.3 Å². The van der Waals surface area contributed by atoms with Crippen LogP contribution in [0.25, 0.3) is 0 Å². The van der Waals surface area contributed by atoms with E-state index < -0.39 is 0 Å². The fraction of sp³-hybridized carbons (Fsp3) is 0.900. The second-order valence-corrected chi connectivity index (χ2v) is 3.81. The Bertz CT molecular complexity index is 196. The number of aliphatic hydroxyl groups is 1. The van der Waals surface area contributed by atoms with Gasteiger partial charge in [-0.2, -0.15) is 0 Å². The predicted octanol–water partition coefficient (Wildman–Crippen LogP) is 0.252. The summed E-state index contributed by atoms with van der Waals surface area (Å²) in [7, 11) is 0. The van der Waals surface area contributed by atoms with Crippen LogP contribution in [0.2, 0.25) is 0 Å². The largest absolute Gasteiger partial charge is 0.396 e. The van der Waals surface area contributed by atoms with E-state index in [-0.39, 0.29) is 24.5 Å². The van der Waals surface area contributed by atoms with Crippen molar-refractivity contribution in [3.05, 3.63) is 0 Å². The third-order valence-corrected chi connectivity index (χ3v) is 2.59. The zero-order chi connectivity index (χ0) is 10.6. The standard InChI is InChI=1S/C10H19NO3/c1-3-14-7-8(2)11-5-9(6-12)4-10(11)13/h8-9,12H,3-7H2,1-2H3. The van der Waals surface area contributed by atoms with Crippen LogP contribution in [0.3, 0.4) is 0 Å². The van der Waals surface area contributed by atoms with Gasteiger partial charge in [0.1, 0.15) is 0 Å². The summed E-state index contributed by atoms with van der Waals surface area (Å²) >= 11 is 0. The van der Waals surface area contributed by atoms with E-state index in [2.05, 4.69) is 0 Å². The third kappa shape index (κ3) is 2.69. The number of rotatable bonds is 5. The second-order valence-electron chi connectivity index (χ2n) is 3.81. The topological polar surface area (TPSA) is 49.8 Å². The smallest absolute Gasteiger partial charge is 0.223 e. The minimum Gasteiger partial charge on any atom is -0.396 e. The molecule has 0 bridgehead atoms. The Kier molecular flexibility index (Phi) is 4.35. The van der Waals surface area contributed by atoms with Crippen molar-refractivity contribution in [3.8, 4) is 0 Å². The molecule has 1 rings (SSSR count). The molecule has 1 fully saturated rings. The number of aliphatic hydroxyl groups excluding tert-OH is 1. The molecule has 1 aliphatic heterocycles. The fourth-order valence-electron chi connectivity index (χ4n) is 1.74. The average Bonchev–Trinajstić information content (AvgIpc) is 2.56. The summed E-state index contributed by atoms with van der Waals surface area (Å²) in [4.78, 5) is 13.3. The molecule has 2 atom stereocenters. The van der Waals surface area contributed by atoms with Crippen LogP contribution in [0.1, 0.15) is 20.3 Å². The summed E-state index contributed by atoms with van der Waals surface area (Å²) in [5.74, 6) is 0.253. The normalized spacial score (nSPS) is 24.4. The van der Waals surface area contributed by atoms with E-state index in [4.69, 9.17) is 9.84 Å². The van der Waals surface area contributed by atoms with Gasteiger partial charge >= 0.3 is 0 Å². The highest BCUT2D eigenvalue weighted by Crippen LogP contribution is 2.19. The molecule has 0 aromatic heterocycles. The van der Waals surface area contributed by atoms with Crippen molar-refractivity contribution in [2.24, 2.45) is 5.92 Å². The van der Waals surface area contributed by atoms with E-state index in [1.165, 1.54) is 0 Å². The SMILES string of the molecule is CCOCC(C)N1CC(CO)CC1=O.